The van der Waals surface area contributed by atoms with Gasteiger partial charge >= 0.3 is 0 Å². The molecule has 1 atom stereocenters. The quantitative estimate of drug-likeness (QED) is 0.144. The van der Waals surface area contributed by atoms with E-state index >= 15 is 0 Å². The molecule has 4 nitrogen and oxygen atoms in total. The van der Waals surface area contributed by atoms with Crippen molar-refractivity contribution in [1.29, 1.82) is 0 Å². The van der Waals surface area contributed by atoms with E-state index in [1.807, 2.05) is 0 Å². The van der Waals surface area contributed by atoms with Gasteiger partial charge < -0.3 is 10.6 Å². The molecular formula is C30H60N2O2. The number of amides is 2. The standard InChI is InChI=1S/C30H60N2O2/c1-6-7-8-9-10-11-12-13-14-15-16-17-18-19-20-22-28(33)31-23-21-24-32-29(34)25-27(2)26-30(3,4)5/h27H,6-26H2,1-5H3,(H,31,33)(H,32,34). The first-order valence-electron chi connectivity index (χ1n) is 14.8. The number of rotatable bonds is 23. The molecule has 0 aromatic carbocycles. The van der Waals surface area contributed by atoms with Gasteiger partial charge in [-0.25, -0.2) is 0 Å². The van der Waals surface area contributed by atoms with Crippen LogP contribution >= 0.6 is 0 Å². The van der Waals surface area contributed by atoms with E-state index in [4.69, 9.17) is 0 Å². The number of nitrogens with one attached hydrogen (secondary N) is 2. The van der Waals surface area contributed by atoms with Crippen LogP contribution in [-0.4, -0.2) is 24.9 Å². The molecule has 202 valence electrons. The second-order valence-electron chi connectivity index (χ2n) is 11.8. The molecule has 0 spiro atoms. The normalized spacial score (nSPS) is 12.5. The van der Waals surface area contributed by atoms with Gasteiger partial charge in [0.05, 0.1) is 0 Å². The molecule has 0 aliphatic carbocycles. The highest BCUT2D eigenvalue weighted by atomic mass is 16.2. The van der Waals surface area contributed by atoms with Crippen molar-refractivity contribution in [3.8, 4) is 0 Å². The lowest BCUT2D eigenvalue weighted by atomic mass is 9.84. The predicted octanol–water partition coefficient (Wildman–Crippen LogP) is 8.33. The summed E-state index contributed by atoms with van der Waals surface area (Å²) in [6, 6.07) is 0. The first-order chi connectivity index (χ1) is 16.2. The molecule has 1 unspecified atom stereocenters. The molecule has 0 aromatic rings. The van der Waals surface area contributed by atoms with Crippen LogP contribution in [0.3, 0.4) is 0 Å². The minimum Gasteiger partial charge on any atom is -0.356 e. The van der Waals surface area contributed by atoms with E-state index < -0.39 is 0 Å². The largest absolute Gasteiger partial charge is 0.356 e. The van der Waals surface area contributed by atoms with Gasteiger partial charge in [0.1, 0.15) is 0 Å². The van der Waals surface area contributed by atoms with E-state index in [2.05, 4.69) is 45.3 Å². The van der Waals surface area contributed by atoms with Crippen molar-refractivity contribution in [2.24, 2.45) is 11.3 Å². The summed E-state index contributed by atoms with van der Waals surface area (Å²) < 4.78 is 0. The number of hydrogen-bond donors (Lipinski definition) is 2. The Morgan fingerprint density at radius 2 is 1.03 bits per heavy atom. The number of hydrogen-bond acceptors (Lipinski definition) is 2. The first-order valence-corrected chi connectivity index (χ1v) is 14.8. The van der Waals surface area contributed by atoms with Gasteiger partial charge in [0.15, 0.2) is 0 Å². The van der Waals surface area contributed by atoms with Gasteiger partial charge in [-0.1, -0.05) is 125 Å². The third-order valence-corrected chi connectivity index (χ3v) is 6.50. The summed E-state index contributed by atoms with van der Waals surface area (Å²) >= 11 is 0. The molecule has 0 aromatic heterocycles. The third kappa shape index (κ3) is 25.6. The lowest BCUT2D eigenvalue weighted by molar-refractivity contribution is -0.122. The molecule has 0 bridgehead atoms. The third-order valence-electron chi connectivity index (χ3n) is 6.50. The van der Waals surface area contributed by atoms with Gasteiger partial charge in [-0.15, -0.1) is 0 Å². The van der Waals surface area contributed by atoms with E-state index in [-0.39, 0.29) is 17.2 Å². The molecule has 0 radical (unpaired) electrons. The summed E-state index contributed by atoms with van der Waals surface area (Å²) in [5.74, 6) is 0.676. The maximum atomic E-state index is 12.0. The molecule has 0 saturated heterocycles. The lowest BCUT2D eigenvalue weighted by Gasteiger charge is -2.22. The second-order valence-corrected chi connectivity index (χ2v) is 11.8. The van der Waals surface area contributed by atoms with Crippen LogP contribution in [0, 0.1) is 11.3 Å². The van der Waals surface area contributed by atoms with Gasteiger partial charge in [0.2, 0.25) is 11.8 Å². The molecule has 34 heavy (non-hydrogen) atoms. The minimum absolute atomic E-state index is 0.126. The number of carbonyl (C=O) groups excluding carboxylic acids is 2. The van der Waals surface area contributed by atoms with Crippen LogP contribution in [0.2, 0.25) is 0 Å². The van der Waals surface area contributed by atoms with E-state index in [9.17, 15) is 9.59 Å². The van der Waals surface area contributed by atoms with Crippen molar-refractivity contribution in [3.05, 3.63) is 0 Å². The highest BCUT2D eigenvalue weighted by Crippen LogP contribution is 2.25. The van der Waals surface area contributed by atoms with Crippen molar-refractivity contribution in [3.63, 3.8) is 0 Å². The van der Waals surface area contributed by atoms with Gasteiger partial charge in [0.25, 0.3) is 0 Å². The van der Waals surface area contributed by atoms with Crippen LogP contribution in [-0.2, 0) is 9.59 Å². The second kappa shape index (κ2) is 22.4. The smallest absolute Gasteiger partial charge is 0.220 e. The average molecular weight is 481 g/mol. The molecule has 4 heteroatoms. The van der Waals surface area contributed by atoms with Crippen molar-refractivity contribution < 1.29 is 9.59 Å². The Balaban J connectivity index is 3.36. The Kier molecular flexibility index (Phi) is 21.7. The topological polar surface area (TPSA) is 58.2 Å². The predicted molar refractivity (Wildman–Crippen MR) is 148 cm³/mol. The zero-order valence-corrected chi connectivity index (χ0v) is 23.7. The van der Waals surface area contributed by atoms with Crippen LogP contribution in [0.4, 0.5) is 0 Å². The number of unbranched alkanes of at least 4 members (excludes halogenated alkanes) is 14. The minimum atomic E-state index is 0.126. The highest BCUT2D eigenvalue weighted by Gasteiger charge is 2.17. The summed E-state index contributed by atoms with van der Waals surface area (Å²) in [5.41, 5.74) is 0.261. The van der Waals surface area contributed by atoms with Crippen LogP contribution in [0.15, 0.2) is 0 Å². The molecular weight excluding hydrogens is 420 g/mol. The maximum absolute atomic E-state index is 12.0. The molecule has 0 aliphatic rings. The van der Waals surface area contributed by atoms with Crippen LogP contribution < -0.4 is 10.6 Å². The van der Waals surface area contributed by atoms with Gasteiger partial charge in [0, 0.05) is 25.9 Å². The Morgan fingerprint density at radius 1 is 0.618 bits per heavy atom. The van der Waals surface area contributed by atoms with E-state index in [1.54, 1.807) is 0 Å². The molecule has 0 aliphatic heterocycles. The van der Waals surface area contributed by atoms with Crippen molar-refractivity contribution >= 4 is 11.8 Å². The molecule has 0 fully saturated rings. The summed E-state index contributed by atoms with van der Waals surface area (Å²) in [6.45, 7) is 12.3. The molecule has 0 rings (SSSR count). The van der Waals surface area contributed by atoms with Gasteiger partial charge in [-0.2, -0.15) is 0 Å². The van der Waals surface area contributed by atoms with Crippen LogP contribution in [0.25, 0.3) is 0 Å². The summed E-state index contributed by atoms with van der Waals surface area (Å²) in [4.78, 5) is 24.0. The first kappa shape index (κ1) is 32.9. The fourth-order valence-corrected chi connectivity index (χ4v) is 4.80. The van der Waals surface area contributed by atoms with Gasteiger partial charge in [-0.05, 0) is 30.6 Å². The van der Waals surface area contributed by atoms with Crippen molar-refractivity contribution in [2.75, 3.05) is 13.1 Å². The van der Waals surface area contributed by atoms with Crippen LogP contribution in [0.5, 0.6) is 0 Å². The van der Waals surface area contributed by atoms with Crippen molar-refractivity contribution in [2.45, 2.75) is 157 Å². The molecule has 0 heterocycles. The Bertz CT molecular complexity index is 485. The fourth-order valence-electron chi connectivity index (χ4n) is 4.80. The Morgan fingerprint density at radius 3 is 1.47 bits per heavy atom. The monoisotopic (exact) mass is 480 g/mol. The van der Waals surface area contributed by atoms with E-state index in [1.165, 1.54) is 83.5 Å². The molecule has 2 N–H and O–H groups in total. The summed E-state index contributed by atoms with van der Waals surface area (Å²) in [7, 11) is 0. The SMILES string of the molecule is CCCCCCCCCCCCCCCCCC(=O)NCCCNC(=O)CC(C)CC(C)(C)C. The van der Waals surface area contributed by atoms with Crippen molar-refractivity contribution in [1.82, 2.24) is 10.6 Å². The van der Waals surface area contributed by atoms with E-state index in [0.29, 0.717) is 31.8 Å². The zero-order valence-electron chi connectivity index (χ0n) is 23.7. The Labute approximate surface area is 213 Å². The summed E-state index contributed by atoms with van der Waals surface area (Å²) in [5, 5.41) is 5.97. The highest BCUT2D eigenvalue weighted by molar-refractivity contribution is 5.76. The maximum Gasteiger partial charge on any atom is 0.220 e. The molecule has 0 saturated carbocycles. The fraction of sp³-hybridized carbons (Fsp3) is 0.933. The van der Waals surface area contributed by atoms with E-state index in [0.717, 1.165) is 25.7 Å². The van der Waals surface area contributed by atoms with Gasteiger partial charge in [-0.3, -0.25) is 9.59 Å². The average Bonchev–Trinajstić information content (AvgIpc) is 2.74. The Hall–Kier alpha value is -1.06. The molecule has 2 amide bonds. The van der Waals surface area contributed by atoms with Crippen LogP contribution in [0.1, 0.15) is 157 Å². The number of carbonyl (C=O) groups is 2. The lowest BCUT2D eigenvalue weighted by Crippen LogP contribution is -2.30. The zero-order chi connectivity index (χ0) is 25.5. The summed E-state index contributed by atoms with van der Waals surface area (Å²) in [6.07, 6.45) is 23.2.